The minimum absolute atomic E-state index is 0.0746. The van der Waals surface area contributed by atoms with Gasteiger partial charge in [-0.2, -0.15) is 0 Å². The predicted octanol–water partition coefficient (Wildman–Crippen LogP) is 7.08. The lowest BCUT2D eigenvalue weighted by molar-refractivity contribution is 0.0779. The van der Waals surface area contributed by atoms with Crippen molar-refractivity contribution in [2.24, 2.45) is 17.8 Å². The van der Waals surface area contributed by atoms with Crippen LogP contribution in [0.1, 0.15) is 65.6 Å². The summed E-state index contributed by atoms with van der Waals surface area (Å²) in [6.07, 6.45) is 10.2. The van der Waals surface area contributed by atoms with E-state index in [2.05, 4.69) is 59.5 Å². The molecule has 3 aromatic rings. The number of benzene rings is 3. The fourth-order valence-corrected chi connectivity index (χ4v) is 7.43. The summed E-state index contributed by atoms with van der Waals surface area (Å²) in [5.74, 6) is 2.64. The SMILES string of the molecule is O=C(c1ccccc1)N1CCC(CCC2C[C@@H]3CC[C@H]2Cc2ccccc2C3)(c2ccccc2)C1. The number of likely N-dealkylation sites (tertiary alicyclic amines) is 1. The third-order valence-electron chi connectivity index (χ3n) is 9.40. The fourth-order valence-electron chi connectivity index (χ4n) is 7.43. The van der Waals surface area contributed by atoms with Crippen LogP contribution >= 0.6 is 0 Å². The van der Waals surface area contributed by atoms with E-state index in [0.29, 0.717) is 0 Å². The molecule has 0 radical (unpaired) electrons. The lowest BCUT2D eigenvalue weighted by atomic mass is 9.64. The first-order chi connectivity index (χ1) is 17.2. The topological polar surface area (TPSA) is 20.3 Å². The van der Waals surface area contributed by atoms with Gasteiger partial charge in [-0.1, -0.05) is 72.8 Å². The third kappa shape index (κ3) is 4.56. The molecule has 0 aromatic heterocycles. The zero-order chi connectivity index (χ0) is 23.7. The van der Waals surface area contributed by atoms with Crippen LogP contribution in [0.3, 0.4) is 0 Å². The first-order valence-electron chi connectivity index (χ1n) is 13.7. The highest BCUT2D eigenvalue weighted by Gasteiger charge is 2.43. The highest BCUT2D eigenvalue weighted by atomic mass is 16.2. The van der Waals surface area contributed by atoms with Gasteiger partial charge in [-0.25, -0.2) is 0 Å². The third-order valence-corrected chi connectivity index (χ3v) is 9.40. The second kappa shape index (κ2) is 9.64. The molecule has 35 heavy (non-hydrogen) atoms. The summed E-state index contributed by atoms with van der Waals surface area (Å²) in [5, 5.41) is 0. The maximum Gasteiger partial charge on any atom is 0.253 e. The molecule has 0 spiro atoms. The molecular formula is C33H37NO. The summed E-state index contributed by atoms with van der Waals surface area (Å²) in [6, 6.07) is 30.1. The monoisotopic (exact) mass is 463 g/mol. The smallest absolute Gasteiger partial charge is 0.253 e. The number of nitrogens with zero attached hydrogens (tertiary/aromatic N) is 1. The number of carbonyl (C=O) groups excluding carboxylic acids is 1. The van der Waals surface area contributed by atoms with Gasteiger partial charge >= 0.3 is 0 Å². The molecule has 2 unspecified atom stereocenters. The molecule has 2 bridgehead atoms. The van der Waals surface area contributed by atoms with Crippen LogP contribution in [0.2, 0.25) is 0 Å². The summed E-state index contributed by atoms with van der Waals surface area (Å²) in [7, 11) is 0. The summed E-state index contributed by atoms with van der Waals surface area (Å²) < 4.78 is 0. The molecule has 0 N–H and O–H groups in total. The van der Waals surface area contributed by atoms with Crippen LogP contribution in [0.25, 0.3) is 0 Å². The second-order valence-corrected chi connectivity index (χ2v) is 11.4. The zero-order valence-electron chi connectivity index (χ0n) is 20.7. The summed E-state index contributed by atoms with van der Waals surface area (Å²) in [6.45, 7) is 1.70. The largest absolute Gasteiger partial charge is 0.338 e. The van der Waals surface area contributed by atoms with Crippen LogP contribution in [0.4, 0.5) is 0 Å². The molecule has 1 aliphatic heterocycles. The van der Waals surface area contributed by atoms with Gasteiger partial charge in [0.25, 0.3) is 5.91 Å². The van der Waals surface area contributed by atoms with Crippen molar-refractivity contribution in [2.75, 3.05) is 13.1 Å². The molecule has 1 amide bonds. The standard InChI is InChI=1S/C33H37NO/c35-32(26-9-3-1-4-10-26)34-20-19-33(24-34,31-13-5-2-6-14-31)18-17-30-22-25-15-16-29(30)23-28-12-8-7-11-27(28)21-25/h1-14,25,29-30H,15-24H2/t25-,29+,30?,33?/m1/s1. The quantitative estimate of drug-likeness (QED) is 0.396. The van der Waals surface area contributed by atoms with E-state index in [1.165, 1.54) is 50.5 Å². The van der Waals surface area contributed by atoms with Gasteiger partial charge in [0.2, 0.25) is 0 Å². The van der Waals surface area contributed by atoms with Crippen LogP contribution in [-0.4, -0.2) is 23.9 Å². The maximum atomic E-state index is 13.3. The summed E-state index contributed by atoms with van der Waals surface area (Å²) >= 11 is 0. The van der Waals surface area contributed by atoms with Gasteiger partial charge < -0.3 is 4.90 Å². The van der Waals surface area contributed by atoms with Crippen LogP contribution in [0.5, 0.6) is 0 Å². The molecule has 180 valence electrons. The first kappa shape index (κ1) is 22.6. The van der Waals surface area contributed by atoms with E-state index in [4.69, 9.17) is 0 Å². The number of fused-ring (bicyclic) bond motifs is 2. The van der Waals surface area contributed by atoms with Crippen LogP contribution < -0.4 is 0 Å². The van der Waals surface area contributed by atoms with Crippen molar-refractivity contribution in [1.82, 2.24) is 4.90 Å². The van der Waals surface area contributed by atoms with E-state index in [1.54, 1.807) is 11.1 Å². The maximum absolute atomic E-state index is 13.3. The number of hydrogen-bond donors (Lipinski definition) is 0. The Balaban J connectivity index is 1.22. The average molecular weight is 464 g/mol. The van der Waals surface area contributed by atoms with Gasteiger partial charge in [0.15, 0.2) is 0 Å². The molecule has 7 rings (SSSR count). The Morgan fingerprint density at radius 2 is 1.51 bits per heavy atom. The van der Waals surface area contributed by atoms with E-state index in [9.17, 15) is 4.79 Å². The van der Waals surface area contributed by atoms with Crippen LogP contribution in [0.15, 0.2) is 84.9 Å². The van der Waals surface area contributed by atoms with Crippen molar-refractivity contribution in [3.63, 3.8) is 0 Å². The van der Waals surface area contributed by atoms with Crippen LogP contribution in [0, 0.1) is 17.8 Å². The van der Waals surface area contributed by atoms with E-state index >= 15 is 0 Å². The lowest BCUT2D eigenvalue weighted by Gasteiger charge is -2.41. The minimum Gasteiger partial charge on any atom is -0.338 e. The zero-order valence-corrected chi connectivity index (χ0v) is 20.7. The molecule has 4 aliphatic rings. The minimum atomic E-state index is 0.0746. The Hall–Kier alpha value is -2.87. The first-order valence-corrected chi connectivity index (χ1v) is 13.7. The molecule has 3 aromatic carbocycles. The molecule has 1 saturated carbocycles. The predicted molar refractivity (Wildman–Crippen MR) is 142 cm³/mol. The molecule has 2 fully saturated rings. The highest BCUT2D eigenvalue weighted by molar-refractivity contribution is 5.94. The van der Waals surface area contributed by atoms with Crippen molar-refractivity contribution in [3.8, 4) is 0 Å². The van der Waals surface area contributed by atoms with E-state index in [0.717, 1.165) is 42.8 Å². The van der Waals surface area contributed by atoms with Crippen molar-refractivity contribution < 1.29 is 4.79 Å². The second-order valence-electron chi connectivity index (χ2n) is 11.4. The lowest BCUT2D eigenvalue weighted by Crippen LogP contribution is -2.36. The molecular weight excluding hydrogens is 426 g/mol. The molecule has 3 aliphatic carbocycles. The van der Waals surface area contributed by atoms with E-state index < -0.39 is 0 Å². The fraction of sp³-hybridized carbons (Fsp3) is 0.424. The Kier molecular flexibility index (Phi) is 6.22. The number of amides is 1. The summed E-state index contributed by atoms with van der Waals surface area (Å²) in [4.78, 5) is 15.4. The van der Waals surface area contributed by atoms with Crippen molar-refractivity contribution >= 4 is 5.91 Å². The van der Waals surface area contributed by atoms with Crippen molar-refractivity contribution in [1.29, 1.82) is 0 Å². The number of hydrogen-bond acceptors (Lipinski definition) is 1. The van der Waals surface area contributed by atoms with Crippen molar-refractivity contribution in [2.45, 2.75) is 56.8 Å². The van der Waals surface area contributed by atoms with Gasteiger partial charge in [0, 0.05) is 24.1 Å². The Morgan fingerprint density at radius 3 is 2.29 bits per heavy atom. The van der Waals surface area contributed by atoms with Gasteiger partial charge in [-0.05, 0) is 97.9 Å². The van der Waals surface area contributed by atoms with Gasteiger partial charge in [-0.3, -0.25) is 4.79 Å². The van der Waals surface area contributed by atoms with Crippen LogP contribution in [-0.2, 0) is 18.3 Å². The Bertz CT molecular complexity index is 1160. The van der Waals surface area contributed by atoms with Gasteiger partial charge in [0.1, 0.15) is 0 Å². The Morgan fingerprint density at radius 1 is 0.829 bits per heavy atom. The molecule has 4 atom stereocenters. The van der Waals surface area contributed by atoms with E-state index in [1.807, 2.05) is 30.3 Å². The van der Waals surface area contributed by atoms with E-state index in [-0.39, 0.29) is 11.3 Å². The number of rotatable bonds is 5. The molecule has 2 heteroatoms. The van der Waals surface area contributed by atoms with Gasteiger partial charge in [-0.15, -0.1) is 0 Å². The van der Waals surface area contributed by atoms with Gasteiger partial charge in [0.05, 0.1) is 0 Å². The molecule has 1 saturated heterocycles. The normalized spacial score (nSPS) is 27.8. The summed E-state index contributed by atoms with van der Waals surface area (Å²) in [5.41, 5.74) is 5.51. The molecule has 2 nitrogen and oxygen atoms in total. The van der Waals surface area contributed by atoms with Crippen molar-refractivity contribution in [3.05, 3.63) is 107 Å². The number of carbonyl (C=O) groups is 1. The highest BCUT2D eigenvalue weighted by Crippen LogP contribution is 2.46. The Labute approximate surface area is 210 Å². The molecule has 1 heterocycles. The average Bonchev–Trinajstić information content (AvgIpc) is 3.34.